The van der Waals surface area contributed by atoms with Crippen LogP contribution >= 0.6 is 0 Å². The number of aryl methyl sites for hydroxylation is 1. The Hall–Kier alpha value is -2.04. The summed E-state index contributed by atoms with van der Waals surface area (Å²) in [6, 6.07) is 4.75. The second kappa shape index (κ2) is 5.15. The standard InChI is InChI=1S/C15H20N2O3/c1-10-5-6-12(11(9-10)13(18)19)16-14(20)17-8-4-7-15(17,2)3/h5-6,9H,4,7-8H2,1-3H3,(H,16,20)(H,18,19). The first kappa shape index (κ1) is 14.4. The highest BCUT2D eigenvalue weighted by Gasteiger charge is 2.35. The summed E-state index contributed by atoms with van der Waals surface area (Å²) in [7, 11) is 0. The highest BCUT2D eigenvalue weighted by Crippen LogP contribution is 2.29. The number of nitrogens with one attached hydrogen (secondary N) is 1. The molecule has 108 valence electrons. The van der Waals surface area contributed by atoms with Crippen molar-refractivity contribution in [3.63, 3.8) is 0 Å². The van der Waals surface area contributed by atoms with Crippen molar-refractivity contribution in [1.29, 1.82) is 0 Å². The number of anilines is 1. The number of benzene rings is 1. The maximum atomic E-state index is 12.3. The Morgan fingerprint density at radius 2 is 2.05 bits per heavy atom. The van der Waals surface area contributed by atoms with Gasteiger partial charge in [-0.25, -0.2) is 9.59 Å². The molecule has 0 aromatic heterocycles. The molecule has 0 radical (unpaired) electrons. The van der Waals surface area contributed by atoms with E-state index in [2.05, 4.69) is 5.32 Å². The first-order chi connectivity index (χ1) is 9.31. The molecule has 20 heavy (non-hydrogen) atoms. The number of hydrogen-bond acceptors (Lipinski definition) is 2. The molecule has 1 aliphatic heterocycles. The third-order valence-corrected chi connectivity index (χ3v) is 3.79. The zero-order valence-electron chi connectivity index (χ0n) is 12.1. The molecule has 5 nitrogen and oxygen atoms in total. The molecule has 0 bridgehead atoms. The molecule has 0 unspecified atom stereocenters. The van der Waals surface area contributed by atoms with Gasteiger partial charge in [0.1, 0.15) is 0 Å². The largest absolute Gasteiger partial charge is 0.478 e. The number of urea groups is 1. The van der Waals surface area contributed by atoms with Crippen molar-refractivity contribution < 1.29 is 14.7 Å². The summed E-state index contributed by atoms with van der Waals surface area (Å²) < 4.78 is 0. The molecule has 1 saturated heterocycles. The number of rotatable bonds is 2. The molecule has 2 rings (SSSR count). The van der Waals surface area contributed by atoms with Crippen LogP contribution in [0.4, 0.5) is 10.5 Å². The molecule has 5 heteroatoms. The van der Waals surface area contributed by atoms with Crippen LogP contribution in [0.2, 0.25) is 0 Å². The van der Waals surface area contributed by atoms with Crippen LogP contribution in [0, 0.1) is 6.92 Å². The van der Waals surface area contributed by atoms with Gasteiger partial charge in [0.2, 0.25) is 0 Å². The van der Waals surface area contributed by atoms with Gasteiger partial charge in [0.15, 0.2) is 0 Å². The molecular weight excluding hydrogens is 256 g/mol. The zero-order chi connectivity index (χ0) is 14.9. The predicted molar refractivity (Wildman–Crippen MR) is 77.2 cm³/mol. The monoisotopic (exact) mass is 276 g/mol. The summed E-state index contributed by atoms with van der Waals surface area (Å²) in [6.45, 7) is 6.56. The lowest BCUT2D eigenvalue weighted by Gasteiger charge is -2.31. The summed E-state index contributed by atoms with van der Waals surface area (Å²) in [5, 5.41) is 11.9. The quantitative estimate of drug-likeness (QED) is 0.872. The number of carbonyl (C=O) groups excluding carboxylic acids is 1. The van der Waals surface area contributed by atoms with Gasteiger partial charge in [0.05, 0.1) is 11.3 Å². The normalized spacial score (nSPS) is 17.1. The van der Waals surface area contributed by atoms with Crippen LogP contribution < -0.4 is 5.32 Å². The summed E-state index contributed by atoms with van der Waals surface area (Å²) in [5.41, 5.74) is 1.13. The van der Waals surface area contributed by atoms with Gasteiger partial charge in [-0.1, -0.05) is 11.6 Å². The molecule has 1 aromatic rings. The maximum Gasteiger partial charge on any atom is 0.337 e. The fourth-order valence-corrected chi connectivity index (χ4v) is 2.61. The molecule has 1 aromatic carbocycles. The third kappa shape index (κ3) is 2.76. The topological polar surface area (TPSA) is 69.6 Å². The van der Waals surface area contributed by atoms with Crippen molar-refractivity contribution in [1.82, 2.24) is 4.90 Å². The van der Waals surface area contributed by atoms with Crippen molar-refractivity contribution in [2.75, 3.05) is 11.9 Å². The van der Waals surface area contributed by atoms with Gasteiger partial charge in [-0.05, 0) is 45.7 Å². The van der Waals surface area contributed by atoms with Crippen LogP contribution in [-0.4, -0.2) is 34.1 Å². The molecule has 2 amide bonds. The number of hydrogen-bond donors (Lipinski definition) is 2. The van der Waals surface area contributed by atoms with Crippen molar-refractivity contribution >= 4 is 17.7 Å². The average Bonchev–Trinajstić information content (AvgIpc) is 2.71. The van der Waals surface area contributed by atoms with Crippen molar-refractivity contribution in [2.24, 2.45) is 0 Å². The Bertz CT molecular complexity index is 552. The molecule has 0 aliphatic carbocycles. The molecule has 0 saturated carbocycles. The fourth-order valence-electron chi connectivity index (χ4n) is 2.61. The molecule has 1 aliphatic rings. The van der Waals surface area contributed by atoms with Gasteiger partial charge < -0.3 is 15.3 Å². The highest BCUT2D eigenvalue weighted by molar-refractivity contribution is 6.00. The van der Waals surface area contributed by atoms with Crippen LogP contribution in [0.3, 0.4) is 0 Å². The Kier molecular flexibility index (Phi) is 3.70. The zero-order valence-corrected chi connectivity index (χ0v) is 12.1. The Balaban J connectivity index is 2.22. The number of carboxylic acids is 1. The summed E-state index contributed by atoms with van der Waals surface area (Å²) in [4.78, 5) is 25.3. The van der Waals surface area contributed by atoms with Gasteiger partial charge in [-0.3, -0.25) is 0 Å². The predicted octanol–water partition coefficient (Wildman–Crippen LogP) is 3.10. The van der Waals surface area contributed by atoms with E-state index < -0.39 is 5.97 Å². The summed E-state index contributed by atoms with van der Waals surface area (Å²) in [6.07, 6.45) is 1.93. The van der Waals surface area contributed by atoms with E-state index in [1.807, 2.05) is 20.8 Å². The second-order valence-corrected chi connectivity index (χ2v) is 5.85. The third-order valence-electron chi connectivity index (χ3n) is 3.79. The van der Waals surface area contributed by atoms with E-state index in [0.29, 0.717) is 12.2 Å². The van der Waals surface area contributed by atoms with Gasteiger partial charge in [-0.15, -0.1) is 0 Å². The molecular formula is C15H20N2O3. The first-order valence-corrected chi connectivity index (χ1v) is 6.74. The van der Waals surface area contributed by atoms with Gasteiger partial charge in [-0.2, -0.15) is 0 Å². The number of nitrogens with zero attached hydrogens (tertiary/aromatic N) is 1. The van der Waals surface area contributed by atoms with E-state index in [9.17, 15) is 14.7 Å². The minimum Gasteiger partial charge on any atom is -0.478 e. The average molecular weight is 276 g/mol. The lowest BCUT2D eigenvalue weighted by Crippen LogP contribution is -2.45. The highest BCUT2D eigenvalue weighted by atomic mass is 16.4. The Morgan fingerprint density at radius 3 is 2.60 bits per heavy atom. The van der Waals surface area contributed by atoms with Crippen molar-refractivity contribution in [3.05, 3.63) is 29.3 Å². The van der Waals surface area contributed by atoms with Crippen LogP contribution in [0.25, 0.3) is 0 Å². The minimum absolute atomic E-state index is 0.121. The molecule has 1 fully saturated rings. The number of amides is 2. The summed E-state index contributed by atoms with van der Waals surface area (Å²) in [5.74, 6) is -1.04. The van der Waals surface area contributed by atoms with Gasteiger partial charge in [0.25, 0.3) is 0 Å². The summed E-state index contributed by atoms with van der Waals surface area (Å²) >= 11 is 0. The SMILES string of the molecule is Cc1ccc(NC(=O)N2CCCC2(C)C)c(C(=O)O)c1. The number of aromatic carboxylic acids is 1. The molecule has 0 atom stereocenters. The fraction of sp³-hybridized carbons (Fsp3) is 0.467. The van der Waals surface area contributed by atoms with Crippen LogP contribution in [-0.2, 0) is 0 Å². The van der Waals surface area contributed by atoms with Crippen LogP contribution in [0.1, 0.15) is 42.6 Å². The van der Waals surface area contributed by atoms with Crippen LogP contribution in [0.15, 0.2) is 18.2 Å². The number of likely N-dealkylation sites (tertiary alicyclic amines) is 1. The molecule has 0 spiro atoms. The van der Waals surface area contributed by atoms with E-state index in [1.165, 1.54) is 0 Å². The van der Waals surface area contributed by atoms with E-state index in [0.717, 1.165) is 18.4 Å². The first-order valence-electron chi connectivity index (χ1n) is 6.74. The minimum atomic E-state index is -1.04. The van der Waals surface area contributed by atoms with Gasteiger partial charge >= 0.3 is 12.0 Å². The smallest absolute Gasteiger partial charge is 0.337 e. The van der Waals surface area contributed by atoms with E-state index >= 15 is 0 Å². The van der Waals surface area contributed by atoms with Gasteiger partial charge in [0, 0.05) is 12.1 Å². The van der Waals surface area contributed by atoms with Crippen molar-refractivity contribution in [2.45, 2.75) is 39.2 Å². The Labute approximate surface area is 118 Å². The lowest BCUT2D eigenvalue weighted by atomic mass is 10.0. The molecule has 2 N–H and O–H groups in total. The molecule has 1 heterocycles. The second-order valence-electron chi connectivity index (χ2n) is 5.85. The number of carbonyl (C=O) groups is 2. The van der Waals surface area contributed by atoms with Crippen molar-refractivity contribution in [3.8, 4) is 0 Å². The van der Waals surface area contributed by atoms with E-state index in [4.69, 9.17) is 0 Å². The Morgan fingerprint density at radius 1 is 1.35 bits per heavy atom. The lowest BCUT2D eigenvalue weighted by molar-refractivity contribution is 0.0698. The van der Waals surface area contributed by atoms with E-state index in [1.54, 1.807) is 23.1 Å². The van der Waals surface area contributed by atoms with Crippen LogP contribution in [0.5, 0.6) is 0 Å². The maximum absolute atomic E-state index is 12.3. The van der Waals surface area contributed by atoms with E-state index in [-0.39, 0.29) is 17.1 Å². The number of carboxylic acid groups (broad SMARTS) is 1.